The molecule has 2 aromatic rings. The Labute approximate surface area is 109 Å². The zero-order valence-corrected chi connectivity index (χ0v) is 9.73. The fraction of sp³-hybridized carbons (Fsp3) is 0.143. The van der Waals surface area contributed by atoms with Crippen molar-refractivity contribution in [2.24, 2.45) is 0 Å². The summed E-state index contributed by atoms with van der Waals surface area (Å²) in [5, 5.41) is 0. The molecule has 0 spiro atoms. The van der Waals surface area contributed by atoms with Crippen molar-refractivity contribution < 1.29 is 23.6 Å². The molecule has 0 aliphatic heterocycles. The van der Waals surface area contributed by atoms with E-state index in [-0.39, 0.29) is 18.9 Å². The van der Waals surface area contributed by atoms with E-state index in [0.717, 1.165) is 5.75 Å². The van der Waals surface area contributed by atoms with Crippen LogP contribution in [0.1, 0.15) is 11.1 Å². The smallest absolute Gasteiger partial charge is 0.515 e. The monoisotopic (exact) mass is 204 g/mol. The van der Waals surface area contributed by atoms with Gasteiger partial charge in [-0.1, -0.05) is 37.3 Å². The molecule has 0 amide bonds. The summed E-state index contributed by atoms with van der Waals surface area (Å²) in [6.07, 6.45) is 0. The van der Waals surface area contributed by atoms with E-state index in [0.29, 0.717) is 6.61 Å². The molecule has 0 fully saturated rings. The maximum absolute atomic E-state index is 5.59. The summed E-state index contributed by atoms with van der Waals surface area (Å²) in [4.78, 5) is 0. The van der Waals surface area contributed by atoms with Gasteiger partial charge in [-0.3, -0.25) is 0 Å². The molecular formula is C14H13LiO. The SMILES string of the molecule is Cc1c[c-]c(OCc2ccccc2)cc1.[Li+]. The number of aryl methyl sites for hydroxylation is 1. The first kappa shape index (κ1) is 12.9. The summed E-state index contributed by atoms with van der Waals surface area (Å²) in [5.74, 6) is 0.796. The Hall–Kier alpha value is -1.16. The molecule has 2 rings (SSSR count). The molecule has 0 radical (unpaired) electrons. The van der Waals surface area contributed by atoms with Crippen LogP contribution in [0, 0.1) is 13.0 Å². The molecule has 76 valence electrons. The number of hydrogen-bond donors (Lipinski definition) is 0. The van der Waals surface area contributed by atoms with Gasteiger partial charge in [0.15, 0.2) is 0 Å². The maximum atomic E-state index is 5.59. The zero-order chi connectivity index (χ0) is 10.5. The third-order valence-electron chi connectivity index (χ3n) is 2.18. The summed E-state index contributed by atoms with van der Waals surface area (Å²) in [6.45, 7) is 2.64. The van der Waals surface area contributed by atoms with Gasteiger partial charge in [-0.05, 0) is 5.56 Å². The van der Waals surface area contributed by atoms with E-state index in [2.05, 4.69) is 6.07 Å². The van der Waals surface area contributed by atoms with Crippen LogP contribution in [-0.4, -0.2) is 0 Å². The van der Waals surface area contributed by atoms with Gasteiger partial charge in [0, 0.05) is 5.75 Å². The molecule has 1 nitrogen and oxygen atoms in total. The Kier molecular flexibility index (Phi) is 5.18. The molecule has 0 heterocycles. The summed E-state index contributed by atoms with van der Waals surface area (Å²) >= 11 is 0. The van der Waals surface area contributed by atoms with Crippen molar-refractivity contribution in [3.63, 3.8) is 0 Å². The molecule has 0 N–H and O–H groups in total. The average Bonchev–Trinajstić information content (AvgIpc) is 2.30. The van der Waals surface area contributed by atoms with Crippen LogP contribution in [-0.2, 0) is 6.61 Å². The Bertz CT molecular complexity index is 409. The minimum absolute atomic E-state index is 0. The second-order valence-corrected chi connectivity index (χ2v) is 3.50. The van der Waals surface area contributed by atoms with Crippen molar-refractivity contribution in [1.29, 1.82) is 0 Å². The summed E-state index contributed by atoms with van der Waals surface area (Å²) in [7, 11) is 0. The van der Waals surface area contributed by atoms with E-state index in [1.165, 1.54) is 11.1 Å². The molecule has 0 saturated carbocycles. The molecule has 0 unspecified atom stereocenters. The Morgan fingerprint density at radius 1 is 1.06 bits per heavy atom. The van der Waals surface area contributed by atoms with E-state index in [4.69, 9.17) is 4.74 Å². The number of ether oxygens (including phenoxy) is 1. The van der Waals surface area contributed by atoms with Crippen molar-refractivity contribution in [2.45, 2.75) is 13.5 Å². The predicted molar refractivity (Wildman–Crippen MR) is 60.8 cm³/mol. The van der Waals surface area contributed by atoms with Crippen molar-refractivity contribution >= 4 is 0 Å². The molecule has 0 aliphatic rings. The van der Waals surface area contributed by atoms with Gasteiger partial charge < -0.3 is 4.74 Å². The first-order valence-corrected chi connectivity index (χ1v) is 5.00. The Balaban J connectivity index is 0.00000128. The average molecular weight is 204 g/mol. The molecule has 0 atom stereocenters. The summed E-state index contributed by atoms with van der Waals surface area (Å²) < 4.78 is 5.59. The van der Waals surface area contributed by atoms with E-state index in [1.54, 1.807) is 0 Å². The maximum Gasteiger partial charge on any atom is 1.00 e. The van der Waals surface area contributed by atoms with Crippen molar-refractivity contribution in [2.75, 3.05) is 0 Å². The minimum Gasteiger partial charge on any atom is -0.515 e. The van der Waals surface area contributed by atoms with Crippen LogP contribution in [0.3, 0.4) is 0 Å². The van der Waals surface area contributed by atoms with Gasteiger partial charge in [0.05, 0.1) is 0 Å². The molecule has 2 heteroatoms. The molecule has 0 aliphatic carbocycles. The third kappa shape index (κ3) is 3.77. The van der Waals surface area contributed by atoms with Crippen molar-refractivity contribution in [3.8, 4) is 5.75 Å². The first-order chi connectivity index (χ1) is 7.34. The normalized spacial score (nSPS) is 9.31. The van der Waals surface area contributed by atoms with Gasteiger partial charge in [-0.2, -0.15) is 17.7 Å². The van der Waals surface area contributed by atoms with Crippen LogP contribution in [0.4, 0.5) is 0 Å². The molecule has 0 aromatic heterocycles. The topological polar surface area (TPSA) is 9.23 Å². The molecule has 0 bridgehead atoms. The van der Waals surface area contributed by atoms with Crippen LogP contribution in [0.25, 0.3) is 0 Å². The van der Waals surface area contributed by atoms with Crippen molar-refractivity contribution in [3.05, 3.63) is 65.7 Å². The van der Waals surface area contributed by atoms with Gasteiger partial charge in [0.25, 0.3) is 0 Å². The van der Waals surface area contributed by atoms with E-state index >= 15 is 0 Å². The van der Waals surface area contributed by atoms with Crippen LogP contribution < -0.4 is 23.6 Å². The second kappa shape index (κ2) is 6.43. The van der Waals surface area contributed by atoms with Gasteiger partial charge in [0.2, 0.25) is 0 Å². The predicted octanol–water partition coefficient (Wildman–Crippen LogP) is 0.378. The van der Waals surface area contributed by atoms with Gasteiger partial charge in [0.1, 0.15) is 6.61 Å². The fourth-order valence-corrected chi connectivity index (χ4v) is 1.31. The fourth-order valence-electron chi connectivity index (χ4n) is 1.31. The second-order valence-electron chi connectivity index (χ2n) is 3.50. The van der Waals surface area contributed by atoms with Gasteiger partial charge >= 0.3 is 18.9 Å². The molecule has 2 aromatic carbocycles. The third-order valence-corrected chi connectivity index (χ3v) is 2.18. The van der Waals surface area contributed by atoms with E-state index in [1.807, 2.05) is 55.5 Å². The largest absolute Gasteiger partial charge is 1.00 e. The number of benzene rings is 2. The van der Waals surface area contributed by atoms with E-state index in [9.17, 15) is 0 Å². The van der Waals surface area contributed by atoms with Gasteiger partial charge in [-0.15, -0.1) is 12.1 Å². The number of rotatable bonds is 3. The standard InChI is InChI=1S/C14H13O.Li/c1-12-7-9-14(10-8-12)15-11-13-5-3-2-4-6-13;/h2-9H,11H2,1H3;/q-1;+1. The molecule has 0 saturated heterocycles. The minimum atomic E-state index is 0. The van der Waals surface area contributed by atoms with Crippen molar-refractivity contribution in [1.82, 2.24) is 0 Å². The molecular weight excluding hydrogens is 191 g/mol. The quantitative estimate of drug-likeness (QED) is 0.518. The Morgan fingerprint density at radius 2 is 1.81 bits per heavy atom. The van der Waals surface area contributed by atoms with Crippen LogP contribution in [0.5, 0.6) is 5.75 Å². The van der Waals surface area contributed by atoms with Crippen LogP contribution in [0.15, 0.2) is 48.5 Å². The van der Waals surface area contributed by atoms with E-state index < -0.39 is 0 Å². The zero-order valence-electron chi connectivity index (χ0n) is 9.73. The molecule has 16 heavy (non-hydrogen) atoms. The summed E-state index contributed by atoms with van der Waals surface area (Å²) in [5.41, 5.74) is 2.37. The summed E-state index contributed by atoms with van der Waals surface area (Å²) in [6, 6.07) is 19.1. The van der Waals surface area contributed by atoms with Crippen LogP contribution >= 0.6 is 0 Å². The van der Waals surface area contributed by atoms with Crippen LogP contribution in [0.2, 0.25) is 0 Å². The Morgan fingerprint density at radius 3 is 2.44 bits per heavy atom. The number of hydrogen-bond acceptors (Lipinski definition) is 1. The van der Waals surface area contributed by atoms with Gasteiger partial charge in [-0.25, -0.2) is 0 Å². The first-order valence-electron chi connectivity index (χ1n) is 5.00.